The number of aromatic amines is 1. The Morgan fingerprint density at radius 1 is 1.38 bits per heavy atom. The van der Waals surface area contributed by atoms with Crippen LogP contribution in [0.1, 0.15) is 20.9 Å². The number of aromatic carboxylic acids is 1. The molecule has 6 heteroatoms. The summed E-state index contributed by atoms with van der Waals surface area (Å²) in [6, 6.07) is 7.16. The molecule has 0 amide bonds. The summed E-state index contributed by atoms with van der Waals surface area (Å²) in [5, 5.41) is 19.0. The van der Waals surface area contributed by atoms with Crippen LogP contribution in [0, 0.1) is 0 Å². The lowest BCUT2D eigenvalue weighted by Crippen LogP contribution is -2.00. The van der Waals surface area contributed by atoms with Crippen LogP contribution in [0.4, 0.5) is 0 Å². The van der Waals surface area contributed by atoms with Crippen LogP contribution in [0.5, 0.6) is 5.75 Å². The molecule has 2 aromatic heterocycles. The monoisotopic (exact) mass is 300 g/mol. The van der Waals surface area contributed by atoms with Crippen molar-refractivity contribution in [2.75, 3.05) is 7.11 Å². The number of methoxy groups -OCH3 is 1. The van der Waals surface area contributed by atoms with Gasteiger partial charge in [0, 0.05) is 4.88 Å². The molecule has 106 valence electrons. The van der Waals surface area contributed by atoms with Crippen LogP contribution < -0.4 is 4.74 Å². The molecule has 0 aliphatic rings. The summed E-state index contributed by atoms with van der Waals surface area (Å²) in [5.41, 5.74) is 1.51. The highest BCUT2D eigenvalue weighted by Crippen LogP contribution is 2.32. The van der Waals surface area contributed by atoms with E-state index in [9.17, 15) is 9.90 Å². The fourth-order valence-corrected chi connectivity index (χ4v) is 2.77. The van der Waals surface area contributed by atoms with Gasteiger partial charge in [-0.15, -0.1) is 11.3 Å². The fraction of sp³-hybridized carbons (Fsp3) is 0.0667. The Balaban J connectivity index is 2.15. The number of nitrogens with zero attached hydrogens (tertiary/aromatic N) is 1. The van der Waals surface area contributed by atoms with Gasteiger partial charge in [-0.3, -0.25) is 5.10 Å². The largest absolute Gasteiger partial charge is 0.495 e. The van der Waals surface area contributed by atoms with E-state index in [1.165, 1.54) is 13.2 Å². The van der Waals surface area contributed by atoms with Crippen LogP contribution in [-0.4, -0.2) is 28.4 Å². The van der Waals surface area contributed by atoms with Crippen LogP contribution in [-0.2, 0) is 0 Å². The van der Waals surface area contributed by atoms with Gasteiger partial charge in [0.15, 0.2) is 0 Å². The summed E-state index contributed by atoms with van der Waals surface area (Å²) in [7, 11) is 1.46. The molecule has 21 heavy (non-hydrogen) atoms. The van der Waals surface area contributed by atoms with Gasteiger partial charge in [-0.2, -0.15) is 5.10 Å². The number of benzene rings is 1. The molecule has 0 aliphatic carbocycles. The summed E-state index contributed by atoms with van der Waals surface area (Å²) in [5.74, 6) is -0.706. The molecule has 0 spiro atoms. The molecule has 0 unspecified atom stereocenters. The van der Waals surface area contributed by atoms with E-state index >= 15 is 0 Å². The molecule has 0 atom stereocenters. The molecule has 0 saturated heterocycles. The summed E-state index contributed by atoms with van der Waals surface area (Å²) >= 11 is 1.62. The molecule has 3 rings (SSSR count). The number of fused-ring (bicyclic) bond motifs is 1. The Hall–Kier alpha value is -2.60. The van der Waals surface area contributed by atoms with Crippen molar-refractivity contribution in [3.8, 4) is 5.75 Å². The van der Waals surface area contributed by atoms with Gasteiger partial charge in [-0.1, -0.05) is 6.07 Å². The third-order valence-corrected chi connectivity index (χ3v) is 3.93. The van der Waals surface area contributed by atoms with Gasteiger partial charge in [0.05, 0.1) is 23.7 Å². The molecule has 0 aliphatic heterocycles. The highest BCUT2D eigenvalue weighted by molar-refractivity contribution is 7.10. The van der Waals surface area contributed by atoms with E-state index in [1.54, 1.807) is 17.4 Å². The molecule has 5 nitrogen and oxygen atoms in total. The number of aromatic nitrogens is 2. The first kappa shape index (κ1) is 13.4. The smallest absolute Gasteiger partial charge is 0.339 e. The SMILES string of the molecule is COc1c(C(=O)O)ccc2[nH]nc(C=Cc3cccs3)c12. The predicted molar refractivity (Wildman–Crippen MR) is 82.9 cm³/mol. The highest BCUT2D eigenvalue weighted by atomic mass is 32.1. The number of hydrogen-bond acceptors (Lipinski definition) is 4. The maximum absolute atomic E-state index is 11.3. The van der Waals surface area contributed by atoms with Gasteiger partial charge in [-0.25, -0.2) is 4.79 Å². The van der Waals surface area contributed by atoms with Gasteiger partial charge in [-0.05, 0) is 35.7 Å². The molecule has 0 saturated carbocycles. The van der Waals surface area contributed by atoms with Crippen molar-refractivity contribution in [2.45, 2.75) is 0 Å². The number of rotatable bonds is 4. The quantitative estimate of drug-likeness (QED) is 0.773. The summed E-state index contributed by atoms with van der Waals surface area (Å²) < 4.78 is 5.28. The number of nitrogens with one attached hydrogen (secondary N) is 1. The number of thiophene rings is 1. The number of hydrogen-bond donors (Lipinski definition) is 2. The summed E-state index contributed by atoms with van der Waals surface area (Å²) in [6.45, 7) is 0. The summed E-state index contributed by atoms with van der Waals surface area (Å²) in [4.78, 5) is 12.4. The number of ether oxygens (including phenoxy) is 1. The predicted octanol–water partition coefficient (Wildman–Crippen LogP) is 3.50. The van der Waals surface area contributed by atoms with E-state index in [-0.39, 0.29) is 5.56 Å². The van der Waals surface area contributed by atoms with Gasteiger partial charge in [0.1, 0.15) is 11.3 Å². The van der Waals surface area contributed by atoms with Crippen LogP contribution in [0.2, 0.25) is 0 Å². The third-order valence-electron chi connectivity index (χ3n) is 3.09. The lowest BCUT2D eigenvalue weighted by atomic mass is 10.1. The van der Waals surface area contributed by atoms with Crippen LogP contribution in [0.15, 0.2) is 29.6 Å². The maximum Gasteiger partial charge on any atom is 0.339 e. The molecule has 2 N–H and O–H groups in total. The minimum Gasteiger partial charge on any atom is -0.495 e. The van der Waals surface area contributed by atoms with E-state index in [1.807, 2.05) is 29.7 Å². The second-order valence-electron chi connectivity index (χ2n) is 4.33. The zero-order valence-corrected chi connectivity index (χ0v) is 12.0. The van der Waals surface area contributed by atoms with E-state index < -0.39 is 5.97 Å². The Kier molecular flexibility index (Phi) is 3.45. The zero-order chi connectivity index (χ0) is 14.8. The van der Waals surface area contributed by atoms with Crippen molar-refractivity contribution in [3.63, 3.8) is 0 Å². The number of carbonyl (C=O) groups is 1. The Bertz CT molecular complexity index is 819. The van der Waals surface area contributed by atoms with Crippen LogP contribution >= 0.6 is 11.3 Å². The van der Waals surface area contributed by atoms with Gasteiger partial charge < -0.3 is 9.84 Å². The second-order valence-corrected chi connectivity index (χ2v) is 5.31. The number of carboxylic acids is 1. The topological polar surface area (TPSA) is 75.2 Å². The van der Waals surface area contributed by atoms with Gasteiger partial charge in [0.2, 0.25) is 0 Å². The minimum atomic E-state index is -1.02. The molecule has 2 heterocycles. The van der Waals surface area contributed by atoms with Crippen molar-refractivity contribution in [3.05, 3.63) is 45.8 Å². The number of H-pyrrole nitrogens is 1. The molecule has 0 bridgehead atoms. The first-order valence-electron chi connectivity index (χ1n) is 6.20. The highest BCUT2D eigenvalue weighted by Gasteiger charge is 2.17. The molecule has 0 radical (unpaired) electrons. The lowest BCUT2D eigenvalue weighted by molar-refractivity contribution is 0.0693. The van der Waals surface area contributed by atoms with Crippen LogP contribution in [0.3, 0.4) is 0 Å². The van der Waals surface area contributed by atoms with Crippen molar-refractivity contribution < 1.29 is 14.6 Å². The Morgan fingerprint density at radius 2 is 2.24 bits per heavy atom. The van der Waals surface area contributed by atoms with E-state index in [0.717, 1.165) is 10.4 Å². The first-order chi connectivity index (χ1) is 10.2. The standard InChI is InChI=1S/C15H12N2O3S/c1-20-14-10(15(18)19)5-7-12-13(14)11(16-17-12)6-4-9-3-2-8-21-9/h2-8H,1H3,(H,16,17)(H,18,19). The van der Waals surface area contributed by atoms with E-state index in [4.69, 9.17) is 4.74 Å². The van der Waals surface area contributed by atoms with E-state index in [2.05, 4.69) is 10.2 Å². The first-order valence-corrected chi connectivity index (χ1v) is 7.08. The molecular weight excluding hydrogens is 288 g/mol. The molecule has 3 aromatic rings. The Morgan fingerprint density at radius 3 is 2.90 bits per heavy atom. The van der Waals surface area contributed by atoms with Gasteiger partial charge >= 0.3 is 5.97 Å². The van der Waals surface area contributed by atoms with E-state index in [0.29, 0.717) is 16.8 Å². The van der Waals surface area contributed by atoms with Crippen molar-refractivity contribution in [1.82, 2.24) is 10.2 Å². The van der Waals surface area contributed by atoms with Crippen molar-refractivity contribution in [1.29, 1.82) is 0 Å². The van der Waals surface area contributed by atoms with Crippen LogP contribution in [0.25, 0.3) is 23.1 Å². The average Bonchev–Trinajstić information content (AvgIpc) is 3.13. The zero-order valence-electron chi connectivity index (χ0n) is 11.2. The van der Waals surface area contributed by atoms with Crippen molar-refractivity contribution >= 4 is 40.4 Å². The molecule has 1 aromatic carbocycles. The van der Waals surface area contributed by atoms with Gasteiger partial charge in [0.25, 0.3) is 0 Å². The molecule has 0 fully saturated rings. The third kappa shape index (κ3) is 2.41. The molecular formula is C15H12N2O3S. The second kappa shape index (κ2) is 5.41. The maximum atomic E-state index is 11.3. The normalized spacial score (nSPS) is 11.3. The average molecular weight is 300 g/mol. The Labute approximate surface area is 124 Å². The lowest BCUT2D eigenvalue weighted by Gasteiger charge is -2.06. The summed E-state index contributed by atoms with van der Waals surface area (Å²) in [6.07, 6.45) is 3.78. The fourth-order valence-electron chi connectivity index (χ4n) is 2.15. The van der Waals surface area contributed by atoms with Crippen molar-refractivity contribution in [2.24, 2.45) is 0 Å². The number of carboxylic acid groups (broad SMARTS) is 1. The minimum absolute atomic E-state index is 0.122.